The maximum absolute atomic E-state index is 4.32. The van der Waals surface area contributed by atoms with Gasteiger partial charge in [-0.3, -0.25) is 0 Å². The van der Waals surface area contributed by atoms with Gasteiger partial charge in [-0.1, -0.05) is 6.92 Å². The first kappa shape index (κ1) is 10.6. The van der Waals surface area contributed by atoms with E-state index in [1.807, 2.05) is 6.92 Å². The lowest BCUT2D eigenvalue weighted by molar-refractivity contribution is 0.463. The van der Waals surface area contributed by atoms with E-state index in [1.165, 1.54) is 12.8 Å². The molecule has 1 aromatic heterocycles. The third-order valence-corrected chi connectivity index (χ3v) is 3.30. The van der Waals surface area contributed by atoms with E-state index in [1.54, 1.807) is 0 Å². The predicted molar refractivity (Wildman–Crippen MR) is 59.7 cm³/mol. The monoisotopic (exact) mass is 208 g/mol. The topological polar surface area (TPSA) is 42.7 Å². The van der Waals surface area contributed by atoms with Crippen LogP contribution >= 0.6 is 0 Å². The summed E-state index contributed by atoms with van der Waals surface area (Å²) in [6.07, 6.45) is 3.56. The zero-order valence-electron chi connectivity index (χ0n) is 9.82. The molecular formula is C11H20N4. The highest BCUT2D eigenvalue weighted by atomic mass is 15.3. The number of nitrogens with one attached hydrogen (secondary N) is 1. The summed E-state index contributed by atoms with van der Waals surface area (Å²) in [5, 5.41) is 12.0. The standard InChI is InChI=1S/C11H20N4/c1-4-8(2)15-9(3)13-14-11(15)10-6-5-7-12-10/h8,10,12H,4-7H2,1-3H3. The van der Waals surface area contributed by atoms with Gasteiger partial charge in [0, 0.05) is 6.04 Å². The van der Waals surface area contributed by atoms with E-state index >= 15 is 0 Å². The maximum Gasteiger partial charge on any atom is 0.150 e. The fourth-order valence-corrected chi connectivity index (χ4v) is 2.26. The maximum atomic E-state index is 4.32. The zero-order valence-corrected chi connectivity index (χ0v) is 9.82. The average Bonchev–Trinajstić information content (AvgIpc) is 2.85. The minimum atomic E-state index is 0.417. The molecule has 0 spiro atoms. The number of rotatable bonds is 3. The molecular weight excluding hydrogens is 188 g/mol. The first-order chi connectivity index (χ1) is 7.24. The van der Waals surface area contributed by atoms with E-state index in [9.17, 15) is 0 Å². The van der Waals surface area contributed by atoms with Crippen molar-refractivity contribution >= 4 is 0 Å². The molecule has 0 aromatic carbocycles. The molecule has 1 N–H and O–H groups in total. The van der Waals surface area contributed by atoms with Crippen molar-refractivity contribution in [2.45, 2.75) is 52.1 Å². The zero-order chi connectivity index (χ0) is 10.8. The summed E-state index contributed by atoms with van der Waals surface area (Å²) in [7, 11) is 0. The molecule has 1 fully saturated rings. The highest BCUT2D eigenvalue weighted by Crippen LogP contribution is 2.25. The summed E-state index contributed by atoms with van der Waals surface area (Å²) >= 11 is 0. The molecule has 0 aliphatic carbocycles. The molecule has 4 heteroatoms. The van der Waals surface area contributed by atoms with Crippen LogP contribution in [0.2, 0.25) is 0 Å². The van der Waals surface area contributed by atoms with Gasteiger partial charge in [0.1, 0.15) is 11.6 Å². The van der Waals surface area contributed by atoms with Crippen molar-refractivity contribution in [3.63, 3.8) is 0 Å². The van der Waals surface area contributed by atoms with Crippen LogP contribution in [0.15, 0.2) is 0 Å². The summed E-state index contributed by atoms with van der Waals surface area (Å²) in [4.78, 5) is 0. The van der Waals surface area contributed by atoms with Crippen molar-refractivity contribution in [2.75, 3.05) is 6.54 Å². The molecule has 0 radical (unpaired) electrons. The number of aryl methyl sites for hydroxylation is 1. The van der Waals surface area contributed by atoms with Crippen molar-refractivity contribution in [2.24, 2.45) is 0 Å². The van der Waals surface area contributed by atoms with Gasteiger partial charge in [0.25, 0.3) is 0 Å². The normalized spacial score (nSPS) is 23.3. The van der Waals surface area contributed by atoms with E-state index in [2.05, 4.69) is 33.9 Å². The van der Waals surface area contributed by atoms with E-state index in [-0.39, 0.29) is 0 Å². The molecule has 15 heavy (non-hydrogen) atoms. The lowest BCUT2D eigenvalue weighted by Gasteiger charge is -2.18. The largest absolute Gasteiger partial charge is 0.311 e. The molecule has 1 saturated heterocycles. The first-order valence-electron chi connectivity index (χ1n) is 5.88. The lowest BCUT2D eigenvalue weighted by atomic mass is 10.2. The second kappa shape index (κ2) is 4.31. The Hall–Kier alpha value is -0.900. The minimum absolute atomic E-state index is 0.417. The summed E-state index contributed by atoms with van der Waals surface area (Å²) in [5.41, 5.74) is 0. The molecule has 2 rings (SSSR count). The molecule has 0 amide bonds. The Kier molecular flexibility index (Phi) is 3.05. The molecule has 4 nitrogen and oxygen atoms in total. The van der Waals surface area contributed by atoms with Crippen LogP contribution in [-0.4, -0.2) is 21.3 Å². The fraction of sp³-hybridized carbons (Fsp3) is 0.818. The smallest absolute Gasteiger partial charge is 0.150 e. The number of hydrogen-bond donors (Lipinski definition) is 1. The van der Waals surface area contributed by atoms with Gasteiger partial charge in [-0.2, -0.15) is 0 Å². The Morgan fingerprint density at radius 2 is 2.33 bits per heavy atom. The van der Waals surface area contributed by atoms with E-state index in [0.717, 1.165) is 24.6 Å². The summed E-state index contributed by atoms with van der Waals surface area (Å²) in [6.45, 7) is 7.58. The van der Waals surface area contributed by atoms with Gasteiger partial charge in [0.05, 0.1) is 6.04 Å². The van der Waals surface area contributed by atoms with Gasteiger partial charge < -0.3 is 9.88 Å². The molecule has 2 unspecified atom stereocenters. The quantitative estimate of drug-likeness (QED) is 0.826. The predicted octanol–water partition coefficient (Wildman–Crippen LogP) is 1.98. The van der Waals surface area contributed by atoms with Gasteiger partial charge in [-0.15, -0.1) is 10.2 Å². The summed E-state index contributed by atoms with van der Waals surface area (Å²) < 4.78 is 2.28. The molecule has 2 heterocycles. The third-order valence-electron chi connectivity index (χ3n) is 3.30. The van der Waals surface area contributed by atoms with Crippen LogP contribution < -0.4 is 5.32 Å². The Balaban J connectivity index is 2.30. The van der Waals surface area contributed by atoms with Crippen molar-refractivity contribution in [1.82, 2.24) is 20.1 Å². The Morgan fingerprint density at radius 1 is 1.53 bits per heavy atom. The molecule has 0 bridgehead atoms. The van der Waals surface area contributed by atoms with Crippen LogP contribution in [0.1, 0.15) is 56.8 Å². The lowest BCUT2D eigenvalue weighted by Crippen LogP contribution is -2.20. The Labute approximate surface area is 91.1 Å². The van der Waals surface area contributed by atoms with E-state index in [4.69, 9.17) is 0 Å². The fourth-order valence-electron chi connectivity index (χ4n) is 2.26. The van der Waals surface area contributed by atoms with Gasteiger partial charge in [-0.25, -0.2) is 0 Å². The molecule has 84 valence electrons. The van der Waals surface area contributed by atoms with Crippen LogP contribution in [0, 0.1) is 6.92 Å². The Morgan fingerprint density at radius 3 is 2.93 bits per heavy atom. The average molecular weight is 208 g/mol. The van der Waals surface area contributed by atoms with Gasteiger partial charge in [0.2, 0.25) is 0 Å². The number of hydrogen-bond acceptors (Lipinski definition) is 3. The van der Waals surface area contributed by atoms with Crippen LogP contribution in [0.4, 0.5) is 0 Å². The van der Waals surface area contributed by atoms with Crippen molar-refractivity contribution in [3.05, 3.63) is 11.6 Å². The van der Waals surface area contributed by atoms with Crippen molar-refractivity contribution in [1.29, 1.82) is 0 Å². The van der Waals surface area contributed by atoms with Crippen LogP contribution in [0.5, 0.6) is 0 Å². The van der Waals surface area contributed by atoms with Crippen LogP contribution in [-0.2, 0) is 0 Å². The van der Waals surface area contributed by atoms with E-state index in [0.29, 0.717) is 12.1 Å². The first-order valence-corrected chi connectivity index (χ1v) is 5.88. The molecule has 0 saturated carbocycles. The molecule has 1 aliphatic rings. The Bertz CT molecular complexity index is 325. The van der Waals surface area contributed by atoms with E-state index < -0.39 is 0 Å². The van der Waals surface area contributed by atoms with Crippen molar-refractivity contribution in [3.8, 4) is 0 Å². The SMILES string of the molecule is CCC(C)n1c(C)nnc1C1CCCN1. The summed E-state index contributed by atoms with van der Waals surface area (Å²) in [6, 6.07) is 0.914. The van der Waals surface area contributed by atoms with Gasteiger partial charge in [-0.05, 0) is 39.7 Å². The molecule has 1 aromatic rings. The van der Waals surface area contributed by atoms with Gasteiger partial charge in [0.15, 0.2) is 0 Å². The second-order valence-corrected chi connectivity index (χ2v) is 4.38. The highest BCUT2D eigenvalue weighted by molar-refractivity contribution is 5.03. The number of nitrogens with zero attached hydrogens (tertiary/aromatic N) is 3. The van der Waals surface area contributed by atoms with Gasteiger partial charge >= 0.3 is 0 Å². The molecule has 2 atom stereocenters. The second-order valence-electron chi connectivity index (χ2n) is 4.38. The number of aromatic nitrogens is 3. The highest BCUT2D eigenvalue weighted by Gasteiger charge is 2.24. The minimum Gasteiger partial charge on any atom is -0.311 e. The van der Waals surface area contributed by atoms with Crippen LogP contribution in [0.3, 0.4) is 0 Å². The molecule has 1 aliphatic heterocycles. The summed E-state index contributed by atoms with van der Waals surface area (Å²) in [5.74, 6) is 2.16. The third kappa shape index (κ3) is 1.91. The van der Waals surface area contributed by atoms with Crippen molar-refractivity contribution < 1.29 is 0 Å². The van der Waals surface area contributed by atoms with Crippen LogP contribution in [0.25, 0.3) is 0 Å².